The van der Waals surface area contributed by atoms with E-state index in [4.69, 9.17) is 0 Å². The molecule has 0 unspecified atom stereocenters. The number of hydrogen-bond acceptors (Lipinski definition) is 2. The molecule has 1 aromatic heterocycles. The Bertz CT molecular complexity index is 480. The van der Waals surface area contributed by atoms with E-state index in [0.717, 1.165) is 16.6 Å². The van der Waals surface area contributed by atoms with Gasteiger partial charge in [-0.15, -0.1) is 0 Å². The average molecular weight is 205 g/mol. The second-order valence-corrected chi connectivity index (χ2v) is 4.56. The third-order valence-corrected chi connectivity index (χ3v) is 2.28. The van der Waals surface area contributed by atoms with E-state index < -0.39 is 5.60 Å². The van der Waals surface area contributed by atoms with E-state index in [9.17, 15) is 10.2 Å². The van der Waals surface area contributed by atoms with Crippen molar-refractivity contribution in [3.8, 4) is 5.75 Å². The summed E-state index contributed by atoms with van der Waals surface area (Å²) in [5.74, 6) is 0.260. The Hall–Kier alpha value is -1.48. The first kappa shape index (κ1) is 10.1. The summed E-state index contributed by atoms with van der Waals surface area (Å²) in [4.78, 5) is 3.21. The molecule has 3 heteroatoms. The number of rotatable bonds is 2. The second kappa shape index (κ2) is 3.28. The van der Waals surface area contributed by atoms with Crippen LogP contribution in [-0.4, -0.2) is 20.8 Å². The number of fused-ring (bicyclic) bond motifs is 1. The van der Waals surface area contributed by atoms with Gasteiger partial charge in [0.2, 0.25) is 0 Å². The Morgan fingerprint density at radius 2 is 2.00 bits per heavy atom. The molecular formula is C12H15NO2. The van der Waals surface area contributed by atoms with Gasteiger partial charge in [-0.05, 0) is 38.1 Å². The molecule has 0 spiro atoms. The van der Waals surface area contributed by atoms with Gasteiger partial charge in [-0.1, -0.05) is 0 Å². The van der Waals surface area contributed by atoms with Gasteiger partial charge in [-0.3, -0.25) is 0 Å². The van der Waals surface area contributed by atoms with Gasteiger partial charge >= 0.3 is 0 Å². The SMILES string of the molecule is CC(C)(O)Cc1cc2cc(O)ccc2[nH]1. The van der Waals surface area contributed by atoms with Crippen LogP contribution in [0.5, 0.6) is 5.75 Å². The van der Waals surface area contributed by atoms with Gasteiger partial charge in [0.1, 0.15) is 5.75 Å². The summed E-state index contributed by atoms with van der Waals surface area (Å²) in [6.07, 6.45) is 0.572. The molecule has 80 valence electrons. The Balaban J connectivity index is 2.39. The van der Waals surface area contributed by atoms with Crippen molar-refractivity contribution >= 4 is 10.9 Å². The summed E-state index contributed by atoms with van der Waals surface area (Å²) in [7, 11) is 0. The lowest BCUT2D eigenvalue weighted by Gasteiger charge is -2.15. The van der Waals surface area contributed by atoms with Crippen molar-refractivity contribution in [1.82, 2.24) is 4.98 Å². The molecule has 0 bridgehead atoms. The summed E-state index contributed by atoms with van der Waals surface area (Å²) in [5.41, 5.74) is 1.23. The molecule has 1 heterocycles. The fourth-order valence-corrected chi connectivity index (χ4v) is 1.74. The molecule has 2 aromatic rings. The van der Waals surface area contributed by atoms with Gasteiger partial charge in [0.15, 0.2) is 0 Å². The van der Waals surface area contributed by atoms with Gasteiger partial charge in [-0.25, -0.2) is 0 Å². The lowest BCUT2D eigenvalue weighted by molar-refractivity contribution is 0.0801. The van der Waals surface area contributed by atoms with Crippen molar-refractivity contribution in [3.05, 3.63) is 30.0 Å². The molecule has 0 aliphatic heterocycles. The van der Waals surface area contributed by atoms with Crippen molar-refractivity contribution in [2.75, 3.05) is 0 Å². The Morgan fingerprint density at radius 3 is 2.67 bits per heavy atom. The smallest absolute Gasteiger partial charge is 0.116 e. The van der Waals surface area contributed by atoms with E-state index >= 15 is 0 Å². The highest BCUT2D eigenvalue weighted by Crippen LogP contribution is 2.22. The number of aromatic hydroxyl groups is 1. The van der Waals surface area contributed by atoms with Crippen molar-refractivity contribution in [3.63, 3.8) is 0 Å². The van der Waals surface area contributed by atoms with E-state index in [-0.39, 0.29) is 5.75 Å². The molecule has 0 radical (unpaired) electrons. The number of H-pyrrole nitrogens is 1. The van der Waals surface area contributed by atoms with E-state index in [0.29, 0.717) is 6.42 Å². The average Bonchev–Trinajstić information content (AvgIpc) is 2.42. The maximum Gasteiger partial charge on any atom is 0.116 e. The van der Waals surface area contributed by atoms with Crippen molar-refractivity contribution in [1.29, 1.82) is 0 Å². The number of aromatic amines is 1. The normalized spacial score (nSPS) is 12.2. The molecule has 0 amide bonds. The molecule has 0 saturated carbocycles. The fourth-order valence-electron chi connectivity index (χ4n) is 1.74. The number of nitrogens with one attached hydrogen (secondary N) is 1. The fraction of sp³-hybridized carbons (Fsp3) is 0.333. The Morgan fingerprint density at radius 1 is 1.27 bits per heavy atom. The summed E-state index contributed by atoms with van der Waals surface area (Å²) in [6, 6.07) is 7.14. The number of aliphatic hydroxyl groups is 1. The molecule has 2 rings (SSSR count). The van der Waals surface area contributed by atoms with Crippen molar-refractivity contribution in [2.45, 2.75) is 25.9 Å². The minimum absolute atomic E-state index is 0.260. The number of aromatic nitrogens is 1. The van der Waals surface area contributed by atoms with E-state index in [1.54, 1.807) is 26.0 Å². The molecule has 1 aromatic carbocycles. The Kier molecular flexibility index (Phi) is 2.20. The maximum atomic E-state index is 9.68. The van der Waals surface area contributed by atoms with Gasteiger partial charge in [0.25, 0.3) is 0 Å². The minimum Gasteiger partial charge on any atom is -0.508 e. The highest BCUT2D eigenvalue weighted by Gasteiger charge is 2.14. The number of benzene rings is 1. The number of hydrogen-bond donors (Lipinski definition) is 3. The first-order valence-corrected chi connectivity index (χ1v) is 4.97. The summed E-state index contributed by atoms with van der Waals surface area (Å²) in [6.45, 7) is 3.55. The monoisotopic (exact) mass is 205 g/mol. The third-order valence-electron chi connectivity index (χ3n) is 2.28. The predicted octanol–water partition coefficient (Wildman–Crippen LogP) is 2.19. The van der Waals surface area contributed by atoms with Crippen LogP contribution in [0.1, 0.15) is 19.5 Å². The zero-order chi connectivity index (χ0) is 11.1. The van der Waals surface area contributed by atoms with Crippen LogP contribution in [0.4, 0.5) is 0 Å². The van der Waals surface area contributed by atoms with Crippen LogP contribution in [0.2, 0.25) is 0 Å². The van der Waals surface area contributed by atoms with Crippen molar-refractivity contribution < 1.29 is 10.2 Å². The molecular weight excluding hydrogens is 190 g/mol. The molecule has 0 atom stereocenters. The highest BCUT2D eigenvalue weighted by atomic mass is 16.3. The zero-order valence-electron chi connectivity index (χ0n) is 8.91. The quantitative estimate of drug-likeness (QED) is 0.703. The molecule has 0 aliphatic rings. The summed E-state index contributed by atoms with van der Waals surface area (Å²) < 4.78 is 0. The third kappa shape index (κ3) is 2.30. The first-order chi connectivity index (χ1) is 6.94. The topological polar surface area (TPSA) is 56.2 Å². The molecule has 3 N–H and O–H groups in total. The van der Waals surface area contributed by atoms with Crippen LogP contribution in [0.15, 0.2) is 24.3 Å². The largest absolute Gasteiger partial charge is 0.508 e. The lowest BCUT2D eigenvalue weighted by atomic mass is 10.0. The van der Waals surface area contributed by atoms with Crippen LogP contribution in [0.3, 0.4) is 0 Å². The van der Waals surface area contributed by atoms with Gasteiger partial charge < -0.3 is 15.2 Å². The molecule has 0 aliphatic carbocycles. The zero-order valence-corrected chi connectivity index (χ0v) is 8.91. The summed E-state index contributed by atoms with van der Waals surface area (Å²) >= 11 is 0. The van der Waals surface area contributed by atoms with E-state index in [1.165, 1.54) is 0 Å². The van der Waals surface area contributed by atoms with Crippen LogP contribution in [0, 0.1) is 0 Å². The maximum absolute atomic E-state index is 9.68. The Labute approximate surface area is 88.4 Å². The van der Waals surface area contributed by atoms with Gasteiger partial charge in [0, 0.05) is 23.0 Å². The minimum atomic E-state index is -0.719. The second-order valence-electron chi connectivity index (χ2n) is 4.56. The van der Waals surface area contributed by atoms with Crippen LogP contribution in [-0.2, 0) is 6.42 Å². The van der Waals surface area contributed by atoms with Gasteiger partial charge in [-0.2, -0.15) is 0 Å². The molecule has 0 fully saturated rings. The molecule has 15 heavy (non-hydrogen) atoms. The lowest BCUT2D eigenvalue weighted by Crippen LogP contribution is -2.21. The summed E-state index contributed by atoms with van der Waals surface area (Å²) in [5, 5.41) is 20.0. The van der Waals surface area contributed by atoms with Crippen LogP contribution >= 0.6 is 0 Å². The predicted molar refractivity (Wildman–Crippen MR) is 60.0 cm³/mol. The van der Waals surface area contributed by atoms with Crippen LogP contribution in [0.25, 0.3) is 10.9 Å². The van der Waals surface area contributed by atoms with E-state index in [2.05, 4.69) is 4.98 Å². The molecule has 0 saturated heterocycles. The van der Waals surface area contributed by atoms with Gasteiger partial charge in [0.05, 0.1) is 5.60 Å². The number of phenols is 1. The highest BCUT2D eigenvalue weighted by molar-refractivity contribution is 5.81. The first-order valence-electron chi connectivity index (χ1n) is 4.97. The van der Waals surface area contributed by atoms with Crippen molar-refractivity contribution in [2.24, 2.45) is 0 Å². The van der Waals surface area contributed by atoms with Crippen LogP contribution < -0.4 is 0 Å². The number of phenolic OH excluding ortho intramolecular Hbond substituents is 1. The standard InChI is InChI=1S/C12H15NO2/c1-12(2,15)7-9-5-8-6-10(14)3-4-11(8)13-9/h3-6,13-15H,7H2,1-2H3. The molecule has 3 nitrogen and oxygen atoms in total. The van der Waals surface area contributed by atoms with E-state index in [1.807, 2.05) is 12.1 Å².